The summed E-state index contributed by atoms with van der Waals surface area (Å²) in [6, 6.07) is 2.98. The third-order valence-electron chi connectivity index (χ3n) is 4.12. The molecule has 0 saturated carbocycles. The molecular weight excluding hydrogens is 415 g/mol. The third kappa shape index (κ3) is 4.42. The number of amides is 1. The zero-order valence-corrected chi connectivity index (χ0v) is 16.2. The lowest BCUT2D eigenvalue weighted by molar-refractivity contribution is -0.141. The van der Waals surface area contributed by atoms with Crippen molar-refractivity contribution in [2.45, 2.75) is 13.1 Å². The lowest BCUT2D eigenvalue weighted by Gasteiger charge is -2.10. The van der Waals surface area contributed by atoms with E-state index in [2.05, 4.69) is 30.4 Å². The van der Waals surface area contributed by atoms with Crippen molar-refractivity contribution in [3.8, 4) is 11.6 Å². The third-order valence-corrected chi connectivity index (χ3v) is 4.12. The molecular formula is C19H14F3N7O2. The van der Waals surface area contributed by atoms with E-state index in [4.69, 9.17) is 4.74 Å². The van der Waals surface area contributed by atoms with Gasteiger partial charge >= 0.3 is 6.18 Å². The maximum absolute atomic E-state index is 12.7. The number of hydrogen-bond donors (Lipinski definition) is 1. The molecule has 0 fully saturated rings. The Morgan fingerprint density at radius 1 is 1.06 bits per heavy atom. The SMILES string of the molecule is Cc1cnc(NC(=O)c2cc(Oc3cnc(C(F)(F)F)cn3)c3cn(C)nc3c2)cn1. The Morgan fingerprint density at radius 3 is 2.52 bits per heavy atom. The topological polar surface area (TPSA) is 108 Å². The first kappa shape index (κ1) is 20.2. The summed E-state index contributed by atoms with van der Waals surface area (Å²) in [5, 5.41) is 7.42. The molecule has 9 nitrogen and oxygen atoms in total. The molecule has 12 heteroatoms. The quantitative estimate of drug-likeness (QED) is 0.529. The average Bonchev–Trinajstić information content (AvgIpc) is 3.10. The number of alkyl halides is 3. The minimum Gasteiger partial charge on any atom is -0.437 e. The number of carbonyl (C=O) groups excluding carboxylic acids is 1. The molecule has 0 aliphatic rings. The molecule has 4 aromatic rings. The van der Waals surface area contributed by atoms with Crippen molar-refractivity contribution >= 4 is 22.6 Å². The molecule has 3 heterocycles. The summed E-state index contributed by atoms with van der Waals surface area (Å²) in [5.41, 5.74) is 0.198. The first-order chi connectivity index (χ1) is 14.7. The smallest absolute Gasteiger partial charge is 0.434 e. The van der Waals surface area contributed by atoms with Crippen molar-refractivity contribution in [2.75, 3.05) is 5.32 Å². The van der Waals surface area contributed by atoms with E-state index in [1.54, 1.807) is 26.2 Å². The van der Waals surface area contributed by atoms with Gasteiger partial charge in [-0.05, 0) is 19.1 Å². The van der Waals surface area contributed by atoms with E-state index in [9.17, 15) is 18.0 Å². The van der Waals surface area contributed by atoms with Crippen LogP contribution in [0.25, 0.3) is 10.9 Å². The van der Waals surface area contributed by atoms with E-state index < -0.39 is 17.8 Å². The summed E-state index contributed by atoms with van der Waals surface area (Å²) in [6.07, 6.45) is 1.40. The second-order valence-electron chi connectivity index (χ2n) is 6.55. The molecule has 0 aliphatic carbocycles. The molecule has 0 aliphatic heterocycles. The van der Waals surface area contributed by atoms with Gasteiger partial charge in [-0.3, -0.25) is 14.5 Å². The largest absolute Gasteiger partial charge is 0.437 e. The summed E-state index contributed by atoms with van der Waals surface area (Å²) in [7, 11) is 1.68. The average molecular weight is 429 g/mol. The van der Waals surface area contributed by atoms with E-state index in [0.29, 0.717) is 22.8 Å². The van der Waals surface area contributed by atoms with Crippen LogP contribution in [-0.4, -0.2) is 35.6 Å². The van der Waals surface area contributed by atoms with E-state index in [1.807, 2.05) is 0 Å². The van der Waals surface area contributed by atoms with Crippen LogP contribution in [0.15, 0.2) is 43.1 Å². The number of carbonyl (C=O) groups is 1. The fourth-order valence-electron chi connectivity index (χ4n) is 2.70. The number of rotatable bonds is 4. The fourth-order valence-corrected chi connectivity index (χ4v) is 2.70. The molecule has 3 aromatic heterocycles. The first-order valence-electron chi connectivity index (χ1n) is 8.83. The Labute approximate surface area is 172 Å². The Morgan fingerprint density at radius 2 is 1.87 bits per heavy atom. The number of aryl methyl sites for hydroxylation is 2. The van der Waals surface area contributed by atoms with Crippen molar-refractivity contribution in [3.05, 3.63) is 60.1 Å². The van der Waals surface area contributed by atoms with Crippen LogP contribution in [0.1, 0.15) is 21.7 Å². The molecule has 4 rings (SSSR count). The maximum atomic E-state index is 12.7. The fraction of sp³-hybridized carbons (Fsp3) is 0.158. The Bertz CT molecular complexity index is 1250. The van der Waals surface area contributed by atoms with Crippen molar-refractivity contribution in [1.29, 1.82) is 0 Å². The second-order valence-corrected chi connectivity index (χ2v) is 6.55. The number of hydrogen-bond acceptors (Lipinski definition) is 7. The molecule has 1 amide bonds. The highest BCUT2D eigenvalue weighted by molar-refractivity contribution is 6.06. The Balaban J connectivity index is 1.66. The van der Waals surface area contributed by atoms with Gasteiger partial charge in [-0.1, -0.05) is 0 Å². The van der Waals surface area contributed by atoms with Gasteiger partial charge in [0.1, 0.15) is 5.75 Å². The van der Waals surface area contributed by atoms with Crippen LogP contribution in [0.5, 0.6) is 11.6 Å². The van der Waals surface area contributed by atoms with Gasteiger partial charge in [-0.15, -0.1) is 0 Å². The first-order valence-corrected chi connectivity index (χ1v) is 8.83. The molecule has 0 atom stereocenters. The lowest BCUT2D eigenvalue weighted by atomic mass is 10.1. The van der Waals surface area contributed by atoms with Crippen molar-refractivity contribution in [2.24, 2.45) is 7.05 Å². The molecule has 31 heavy (non-hydrogen) atoms. The molecule has 0 spiro atoms. The van der Waals surface area contributed by atoms with Crippen LogP contribution in [0.2, 0.25) is 0 Å². The molecule has 0 bridgehead atoms. The van der Waals surface area contributed by atoms with Gasteiger partial charge < -0.3 is 10.1 Å². The zero-order chi connectivity index (χ0) is 22.2. The minimum absolute atomic E-state index is 0.167. The number of halogens is 3. The number of anilines is 1. The van der Waals surface area contributed by atoms with Crippen LogP contribution in [0.4, 0.5) is 19.0 Å². The summed E-state index contributed by atoms with van der Waals surface area (Å²) in [6.45, 7) is 1.77. The van der Waals surface area contributed by atoms with Crippen LogP contribution >= 0.6 is 0 Å². The van der Waals surface area contributed by atoms with Gasteiger partial charge in [0.05, 0.1) is 41.4 Å². The van der Waals surface area contributed by atoms with Gasteiger partial charge in [-0.2, -0.15) is 18.3 Å². The summed E-state index contributed by atoms with van der Waals surface area (Å²) in [4.78, 5) is 27.8. The number of benzene rings is 1. The summed E-state index contributed by atoms with van der Waals surface area (Å²) < 4.78 is 45.2. The summed E-state index contributed by atoms with van der Waals surface area (Å²) in [5.74, 6) is -0.221. The maximum Gasteiger partial charge on any atom is 0.434 e. The van der Waals surface area contributed by atoms with E-state index in [1.165, 1.54) is 23.1 Å². The van der Waals surface area contributed by atoms with Crippen molar-refractivity contribution in [3.63, 3.8) is 0 Å². The predicted octanol–water partition coefficient (Wildman–Crippen LogP) is 3.53. The number of nitrogens with one attached hydrogen (secondary N) is 1. The van der Waals surface area contributed by atoms with Gasteiger partial charge in [0.25, 0.3) is 5.91 Å². The van der Waals surface area contributed by atoms with Crippen LogP contribution in [0, 0.1) is 6.92 Å². The van der Waals surface area contributed by atoms with E-state index >= 15 is 0 Å². The zero-order valence-electron chi connectivity index (χ0n) is 16.2. The van der Waals surface area contributed by atoms with Crippen molar-refractivity contribution in [1.82, 2.24) is 29.7 Å². The predicted molar refractivity (Wildman–Crippen MR) is 103 cm³/mol. The van der Waals surface area contributed by atoms with Crippen LogP contribution in [0.3, 0.4) is 0 Å². The Hall–Kier alpha value is -4.09. The standard InChI is InChI=1S/C19H14F3N7O2/c1-10-5-25-16(7-23-10)27-18(30)11-3-13-12(9-29(2)28-13)14(4-11)31-17-8-24-15(6-26-17)19(20,21)22/h3-9H,1-2H3,(H,25,27,30). The number of ether oxygens (including phenoxy) is 1. The van der Waals surface area contributed by atoms with Gasteiger partial charge in [0, 0.05) is 18.8 Å². The number of nitrogens with zero attached hydrogens (tertiary/aromatic N) is 6. The molecule has 1 N–H and O–H groups in total. The van der Waals surface area contributed by atoms with Crippen LogP contribution in [-0.2, 0) is 13.2 Å². The molecule has 0 saturated heterocycles. The Kier molecular flexibility index (Phi) is 4.97. The van der Waals surface area contributed by atoms with Gasteiger partial charge in [0.15, 0.2) is 11.5 Å². The second kappa shape index (κ2) is 7.63. The van der Waals surface area contributed by atoms with Gasteiger partial charge in [0.2, 0.25) is 5.88 Å². The number of fused-ring (bicyclic) bond motifs is 1. The highest BCUT2D eigenvalue weighted by atomic mass is 19.4. The van der Waals surface area contributed by atoms with Crippen LogP contribution < -0.4 is 10.1 Å². The van der Waals surface area contributed by atoms with Crippen molar-refractivity contribution < 1.29 is 22.7 Å². The molecule has 158 valence electrons. The molecule has 0 unspecified atom stereocenters. The normalized spacial score (nSPS) is 11.5. The van der Waals surface area contributed by atoms with E-state index in [-0.39, 0.29) is 23.0 Å². The van der Waals surface area contributed by atoms with E-state index in [0.717, 1.165) is 6.20 Å². The minimum atomic E-state index is -4.61. The molecule has 0 radical (unpaired) electrons. The highest BCUT2D eigenvalue weighted by Gasteiger charge is 2.32. The summed E-state index contributed by atoms with van der Waals surface area (Å²) >= 11 is 0. The lowest BCUT2D eigenvalue weighted by Crippen LogP contribution is -2.13. The van der Waals surface area contributed by atoms with Gasteiger partial charge in [-0.25, -0.2) is 15.0 Å². The highest BCUT2D eigenvalue weighted by Crippen LogP contribution is 2.32. The monoisotopic (exact) mass is 429 g/mol. The number of aromatic nitrogens is 6. The molecule has 1 aromatic carbocycles.